The molecule has 0 aliphatic heterocycles. The van der Waals surface area contributed by atoms with Crippen LogP contribution in [0.1, 0.15) is 0 Å². The first-order valence-corrected chi connectivity index (χ1v) is 4.47. The van der Waals surface area contributed by atoms with E-state index < -0.39 is 0 Å². The summed E-state index contributed by atoms with van der Waals surface area (Å²) in [6.07, 6.45) is 6.70. The second-order valence-electron chi connectivity index (χ2n) is 2.68. The Labute approximate surface area is 86.8 Å². The van der Waals surface area contributed by atoms with Gasteiger partial charge in [-0.1, -0.05) is 0 Å². The van der Waals surface area contributed by atoms with Crippen LogP contribution in [-0.2, 0) is 0 Å². The van der Waals surface area contributed by atoms with Gasteiger partial charge in [0.05, 0.1) is 6.67 Å². The molecule has 15 heavy (non-hydrogen) atoms. The fraction of sp³-hybridized carbons (Fsp3) is 0.111. The summed E-state index contributed by atoms with van der Waals surface area (Å²) in [5, 5.41) is 5.96. The molecule has 6 heteroatoms. The third-order valence-electron chi connectivity index (χ3n) is 1.62. The van der Waals surface area contributed by atoms with Crippen LogP contribution in [-0.4, -0.2) is 26.6 Å². The first kappa shape index (κ1) is 9.32. The van der Waals surface area contributed by atoms with Gasteiger partial charge in [-0.25, -0.2) is 19.9 Å². The highest BCUT2D eigenvalue weighted by molar-refractivity contribution is 5.28. The summed E-state index contributed by atoms with van der Waals surface area (Å²) in [5.74, 6) is 1.14. The molecule has 0 atom stereocenters. The van der Waals surface area contributed by atoms with Gasteiger partial charge in [0.1, 0.15) is 0 Å². The molecule has 2 N–H and O–H groups in total. The van der Waals surface area contributed by atoms with E-state index in [4.69, 9.17) is 0 Å². The van der Waals surface area contributed by atoms with Gasteiger partial charge in [-0.3, -0.25) is 0 Å². The zero-order valence-electron chi connectivity index (χ0n) is 7.96. The van der Waals surface area contributed by atoms with Gasteiger partial charge >= 0.3 is 0 Å². The molecule has 0 unspecified atom stereocenters. The maximum Gasteiger partial charge on any atom is 0.223 e. The Balaban J connectivity index is 1.81. The second-order valence-corrected chi connectivity index (χ2v) is 2.68. The number of hydrogen-bond donors (Lipinski definition) is 2. The molecule has 0 aromatic carbocycles. The van der Waals surface area contributed by atoms with Crippen molar-refractivity contribution in [2.24, 2.45) is 0 Å². The van der Waals surface area contributed by atoms with Crippen LogP contribution in [0.3, 0.4) is 0 Å². The highest BCUT2D eigenvalue weighted by Crippen LogP contribution is 1.95. The van der Waals surface area contributed by atoms with E-state index in [1.165, 1.54) is 0 Å². The molecule has 0 spiro atoms. The second kappa shape index (κ2) is 4.85. The molecule has 0 radical (unpaired) electrons. The summed E-state index contributed by atoms with van der Waals surface area (Å²) in [4.78, 5) is 16.0. The average molecular weight is 202 g/mol. The molecule has 2 aromatic heterocycles. The third-order valence-corrected chi connectivity index (χ3v) is 1.62. The molecule has 0 fully saturated rings. The van der Waals surface area contributed by atoms with Crippen molar-refractivity contribution < 1.29 is 0 Å². The Morgan fingerprint density at radius 3 is 1.53 bits per heavy atom. The molecule has 2 heterocycles. The molecule has 0 aliphatic rings. The average Bonchev–Trinajstić information content (AvgIpc) is 2.32. The van der Waals surface area contributed by atoms with Crippen LogP contribution in [0.4, 0.5) is 11.9 Å². The van der Waals surface area contributed by atoms with Crippen molar-refractivity contribution in [2.45, 2.75) is 0 Å². The topological polar surface area (TPSA) is 75.6 Å². The van der Waals surface area contributed by atoms with E-state index in [2.05, 4.69) is 30.6 Å². The lowest BCUT2D eigenvalue weighted by Gasteiger charge is -2.05. The third kappa shape index (κ3) is 2.87. The fourth-order valence-corrected chi connectivity index (χ4v) is 0.983. The molecule has 0 saturated heterocycles. The SMILES string of the molecule is c1cnc(NCNc2ncccn2)nc1. The molecule has 6 nitrogen and oxygen atoms in total. The normalized spacial score (nSPS) is 9.60. The first-order chi connectivity index (χ1) is 7.45. The van der Waals surface area contributed by atoms with Crippen LogP contribution in [0.2, 0.25) is 0 Å². The lowest BCUT2D eigenvalue weighted by Crippen LogP contribution is -2.14. The van der Waals surface area contributed by atoms with Crippen LogP contribution < -0.4 is 10.6 Å². The van der Waals surface area contributed by atoms with Gasteiger partial charge in [0, 0.05) is 24.8 Å². The molecule has 0 bridgehead atoms. The van der Waals surface area contributed by atoms with Crippen LogP contribution in [0.25, 0.3) is 0 Å². The summed E-state index contributed by atoms with van der Waals surface area (Å²) < 4.78 is 0. The van der Waals surface area contributed by atoms with Gasteiger partial charge in [-0.05, 0) is 12.1 Å². The van der Waals surface area contributed by atoms with E-state index in [9.17, 15) is 0 Å². The number of rotatable bonds is 4. The number of hydrogen-bond acceptors (Lipinski definition) is 6. The van der Waals surface area contributed by atoms with Crippen molar-refractivity contribution >= 4 is 11.9 Å². The quantitative estimate of drug-likeness (QED) is 0.712. The van der Waals surface area contributed by atoms with E-state index in [1.807, 2.05) is 0 Å². The Hall–Kier alpha value is -2.24. The number of nitrogens with zero attached hydrogens (tertiary/aromatic N) is 4. The molecular formula is C9H10N6. The van der Waals surface area contributed by atoms with Gasteiger partial charge < -0.3 is 10.6 Å². The molecule has 76 valence electrons. The van der Waals surface area contributed by atoms with Crippen molar-refractivity contribution in [1.29, 1.82) is 0 Å². The number of aromatic nitrogens is 4. The van der Waals surface area contributed by atoms with Gasteiger partial charge in [-0.15, -0.1) is 0 Å². The number of anilines is 2. The van der Waals surface area contributed by atoms with Gasteiger partial charge in [0.25, 0.3) is 0 Å². The lowest BCUT2D eigenvalue weighted by molar-refractivity contribution is 1.05. The molecule has 2 aromatic rings. The number of nitrogens with one attached hydrogen (secondary N) is 2. The van der Waals surface area contributed by atoms with Gasteiger partial charge in [0.2, 0.25) is 11.9 Å². The van der Waals surface area contributed by atoms with Gasteiger partial charge in [-0.2, -0.15) is 0 Å². The Morgan fingerprint density at radius 2 is 1.13 bits per heavy atom. The first-order valence-electron chi connectivity index (χ1n) is 4.47. The maximum absolute atomic E-state index is 4.01. The van der Waals surface area contributed by atoms with Crippen molar-refractivity contribution in [3.8, 4) is 0 Å². The van der Waals surface area contributed by atoms with E-state index in [-0.39, 0.29) is 0 Å². The maximum atomic E-state index is 4.01. The van der Waals surface area contributed by atoms with Crippen molar-refractivity contribution in [2.75, 3.05) is 17.3 Å². The van der Waals surface area contributed by atoms with E-state index in [0.29, 0.717) is 18.6 Å². The van der Waals surface area contributed by atoms with Gasteiger partial charge in [0.15, 0.2) is 0 Å². The fourth-order valence-electron chi connectivity index (χ4n) is 0.983. The monoisotopic (exact) mass is 202 g/mol. The summed E-state index contributed by atoms with van der Waals surface area (Å²) >= 11 is 0. The zero-order valence-corrected chi connectivity index (χ0v) is 7.96. The van der Waals surface area contributed by atoms with Crippen LogP contribution in [0.15, 0.2) is 36.9 Å². The Bertz CT molecular complexity index is 350. The Kier molecular flexibility index (Phi) is 3.01. The smallest absolute Gasteiger partial charge is 0.223 e. The molecular weight excluding hydrogens is 192 g/mol. The van der Waals surface area contributed by atoms with Crippen LogP contribution in [0, 0.1) is 0 Å². The minimum Gasteiger partial charge on any atom is -0.337 e. The van der Waals surface area contributed by atoms with E-state index in [1.54, 1.807) is 36.9 Å². The highest BCUT2D eigenvalue weighted by Gasteiger charge is 1.93. The Morgan fingerprint density at radius 1 is 0.733 bits per heavy atom. The van der Waals surface area contributed by atoms with E-state index >= 15 is 0 Å². The van der Waals surface area contributed by atoms with Crippen molar-refractivity contribution in [3.05, 3.63) is 36.9 Å². The van der Waals surface area contributed by atoms with Crippen molar-refractivity contribution in [3.63, 3.8) is 0 Å². The summed E-state index contributed by atoms with van der Waals surface area (Å²) in [6.45, 7) is 0.480. The lowest BCUT2D eigenvalue weighted by atomic mass is 10.7. The summed E-state index contributed by atoms with van der Waals surface area (Å²) in [6, 6.07) is 3.53. The molecule has 0 aliphatic carbocycles. The van der Waals surface area contributed by atoms with Crippen LogP contribution in [0.5, 0.6) is 0 Å². The minimum absolute atomic E-state index is 0.480. The summed E-state index contributed by atoms with van der Waals surface area (Å²) in [7, 11) is 0. The summed E-state index contributed by atoms with van der Waals surface area (Å²) in [5.41, 5.74) is 0. The molecule has 2 rings (SSSR count). The van der Waals surface area contributed by atoms with Crippen LogP contribution >= 0.6 is 0 Å². The highest BCUT2D eigenvalue weighted by atomic mass is 15.2. The predicted molar refractivity (Wildman–Crippen MR) is 56.2 cm³/mol. The standard InChI is InChI=1S/C9H10N6/c1-3-10-8(11-4-1)14-7-15-9-12-5-2-6-13-9/h1-6H,7H2,(H,10,11,14)(H,12,13,15). The molecule has 0 amide bonds. The van der Waals surface area contributed by atoms with Crippen molar-refractivity contribution in [1.82, 2.24) is 19.9 Å². The minimum atomic E-state index is 0.480. The predicted octanol–water partition coefficient (Wildman–Crippen LogP) is 0.748. The zero-order chi connectivity index (χ0) is 10.3. The largest absolute Gasteiger partial charge is 0.337 e. The molecule has 0 saturated carbocycles. The van der Waals surface area contributed by atoms with E-state index in [0.717, 1.165) is 0 Å².